The number of fused-ring (bicyclic) bond motifs is 1. The van der Waals surface area contributed by atoms with E-state index in [1.165, 1.54) is 6.92 Å². The van der Waals surface area contributed by atoms with E-state index in [2.05, 4.69) is 0 Å². The number of hydrogen-bond acceptors (Lipinski definition) is 12. The number of rotatable bonds is 4. The first-order chi connectivity index (χ1) is 11.0. The van der Waals surface area contributed by atoms with Crippen molar-refractivity contribution in [3.8, 4) is 5.75 Å². The summed E-state index contributed by atoms with van der Waals surface area (Å²) in [6.07, 6.45) is -0.414. The highest BCUT2D eigenvalue weighted by atomic mass is 32.3. The predicted octanol–water partition coefficient (Wildman–Crippen LogP) is -3.43. The van der Waals surface area contributed by atoms with Gasteiger partial charge in [-0.1, -0.05) is 0 Å². The number of aromatic hydroxyl groups is 1. The van der Waals surface area contributed by atoms with E-state index in [4.69, 9.17) is 20.5 Å². The van der Waals surface area contributed by atoms with Gasteiger partial charge in [0.2, 0.25) is 0 Å². The van der Waals surface area contributed by atoms with Crippen LogP contribution < -0.4 is 10.5 Å². The second-order valence-corrected chi connectivity index (χ2v) is 10.9. The van der Waals surface area contributed by atoms with E-state index in [1.807, 2.05) is 0 Å². The van der Waals surface area contributed by atoms with Crippen LogP contribution >= 0.6 is 11.3 Å². The van der Waals surface area contributed by atoms with E-state index in [-0.39, 0.29) is 11.3 Å². The Kier molecular flexibility index (Phi) is 4.75. The molecule has 2 atom stereocenters. The highest BCUT2D eigenvalue weighted by Crippen LogP contribution is 2.49. The molecule has 1 aliphatic heterocycles. The molecule has 9 N–H and O–H groups in total. The van der Waals surface area contributed by atoms with Crippen LogP contribution in [0.3, 0.4) is 0 Å². The Labute approximate surface area is 145 Å². The van der Waals surface area contributed by atoms with E-state index in [0.717, 1.165) is 0 Å². The standard InChI is InChI=1S/C10H16N2O10S3/c1-3-2-4(12-9(14,15)10(16,17)18)5-6(13)8(25(11,21)22)23-7(5)24(3,19)20/h3-4,12-18H,2H2,1H3,(H2,11,21,22). The molecule has 2 heterocycles. The second-order valence-electron chi connectivity index (χ2n) is 5.58. The Morgan fingerprint density at radius 1 is 1.24 bits per heavy atom. The minimum atomic E-state index is -4.49. The number of primary sulfonamides is 1. The first kappa shape index (κ1) is 20.4. The van der Waals surface area contributed by atoms with Gasteiger partial charge in [0.25, 0.3) is 10.0 Å². The molecule has 0 saturated carbocycles. The molecular weight excluding hydrogens is 404 g/mol. The molecule has 0 amide bonds. The molecule has 144 valence electrons. The molecular formula is C10H16N2O10S3. The van der Waals surface area contributed by atoms with Crippen molar-refractivity contribution in [2.45, 2.75) is 44.9 Å². The Bertz CT molecular complexity index is 896. The van der Waals surface area contributed by atoms with Crippen LogP contribution in [-0.4, -0.2) is 64.6 Å². The third kappa shape index (κ3) is 3.39. The highest BCUT2D eigenvalue weighted by molar-refractivity contribution is 7.95. The van der Waals surface area contributed by atoms with E-state index >= 15 is 0 Å². The number of nitrogens with two attached hydrogens (primary N) is 1. The zero-order chi connectivity index (χ0) is 19.6. The van der Waals surface area contributed by atoms with Crippen LogP contribution in [-0.2, 0) is 19.9 Å². The molecule has 0 aliphatic carbocycles. The van der Waals surface area contributed by atoms with Gasteiger partial charge in [0.15, 0.2) is 19.8 Å². The molecule has 12 nitrogen and oxygen atoms in total. The SMILES string of the molecule is CC1CC(NC(O)(O)C(O)(O)O)c2c(sc(S(N)(=O)=O)c2O)S1(=O)=O. The smallest absolute Gasteiger partial charge is 0.348 e. The van der Waals surface area contributed by atoms with Crippen LogP contribution in [0, 0.1) is 0 Å². The van der Waals surface area contributed by atoms with Crippen molar-refractivity contribution in [1.29, 1.82) is 0 Å². The van der Waals surface area contributed by atoms with E-state index in [9.17, 15) is 32.2 Å². The summed E-state index contributed by atoms with van der Waals surface area (Å²) in [5.74, 6) is -8.79. The Balaban J connectivity index is 2.68. The lowest BCUT2D eigenvalue weighted by atomic mass is 10.0. The van der Waals surface area contributed by atoms with Crippen LogP contribution in [0.4, 0.5) is 0 Å². The molecule has 25 heavy (non-hydrogen) atoms. The number of nitrogens with one attached hydrogen (secondary N) is 1. The first-order valence-corrected chi connectivity index (χ1v) is 10.4. The fourth-order valence-corrected chi connectivity index (χ4v) is 6.88. The summed E-state index contributed by atoms with van der Waals surface area (Å²) < 4.78 is 46.3. The lowest BCUT2D eigenvalue weighted by Gasteiger charge is -2.36. The lowest BCUT2D eigenvalue weighted by molar-refractivity contribution is -0.457. The minimum Gasteiger partial charge on any atom is -0.505 e. The summed E-state index contributed by atoms with van der Waals surface area (Å²) in [7, 11) is -8.55. The summed E-state index contributed by atoms with van der Waals surface area (Å²) in [5.41, 5.74) is -0.538. The quantitative estimate of drug-likeness (QED) is 0.223. The largest absolute Gasteiger partial charge is 0.505 e. The second kappa shape index (κ2) is 5.81. The van der Waals surface area contributed by atoms with Gasteiger partial charge in [0.05, 0.1) is 5.25 Å². The topological polar surface area (TPSA) is 228 Å². The molecule has 2 rings (SSSR count). The lowest BCUT2D eigenvalue weighted by Crippen LogP contribution is -2.64. The third-order valence-electron chi connectivity index (χ3n) is 3.66. The fourth-order valence-electron chi connectivity index (χ4n) is 2.34. The normalized spacial score (nSPS) is 24.1. The molecule has 0 bridgehead atoms. The maximum absolute atomic E-state index is 12.4. The summed E-state index contributed by atoms with van der Waals surface area (Å²) in [5, 5.41) is 61.5. The van der Waals surface area contributed by atoms with Gasteiger partial charge in [-0.15, -0.1) is 11.3 Å². The molecule has 0 aromatic carbocycles. The first-order valence-electron chi connectivity index (χ1n) is 6.52. The van der Waals surface area contributed by atoms with Gasteiger partial charge < -0.3 is 30.6 Å². The minimum absolute atomic E-state index is 0.175. The number of sulfonamides is 1. The average Bonchev–Trinajstić information content (AvgIpc) is 2.73. The van der Waals surface area contributed by atoms with Crippen molar-refractivity contribution in [3.63, 3.8) is 0 Å². The van der Waals surface area contributed by atoms with Crippen LogP contribution in [0.1, 0.15) is 24.9 Å². The van der Waals surface area contributed by atoms with Crippen LogP contribution in [0.5, 0.6) is 5.75 Å². The van der Waals surface area contributed by atoms with Crippen LogP contribution in [0.15, 0.2) is 8.42 Å². The number of hydrogen-bond donors (Lipinski definition) is 8. The molecule has 1 aromatic heterocycles. The van der Waals surface area contributed by atoms with Gasteiger partial charge in [-0.25, -0.2) is 22.0 Å². The zero-order valence-corrected chi connectivity index (χ0v) is 14.9. The van der Waals surface area contributed by atoms with Gasteiger partial charge in [0.1, 0.15) is 4.21 Å². The molecule has 1 aliphatic rings. The summed E-state index contributed by atoms with van der Waals surface area (Å²) >= 11 is 0.175. The average molecular weight is 420 g/mol. The maximum atomic E-state index is 12.4. The zero-order valence-electron chi connectivity index (χ0n) is 12.5. The number of sulfone groups is 1. The molecule has 15 heteroatoms. The summed E-state index contributed by atoms with van der Waals surface area (Å²) in [6, 6.07) is -1.47. The van der Waals surface area contributed by atoms with Gasteiger partial charge in [0, 0.05) is 11.6 Å². The molecule has 1 aromatic rings. The van der Waals surface area contributed by atoms with Crippen molar-refractivity contribution in [3.05, 3.63) is 5.56 Å². The number of thiophene rings is 1. The Morgan fingerprint density at radius 3 is 2.20 bits per heavy atom. The summed E-state index contributed by atoms with van der Waals surface area (Å²) in [6.45, 7) is 1.24. The number of aliphatic hydroxyl groups is 5. The molecule has 0 saturated heterocycles. The Hall–Kier alpha value is -0.880. The van der Waals surface area contributed by atoms with Crippen molar-refractivity contribution >= 4 is 31.2 Å². The van der Waals surface area contributed by atoms with Crippen molar-refractivity contribution < 1.29 is 47.5 Å². The molecule has 0 radical (unpaired) electrons. The van der Waals surface area contributed by atoms with E-state index < -0.39 is 69.2 Å². The third-order valence-corrected chi connectivity index (χ3v) is 9.04. The molecule has 0 fully saturated rings. The highest BCUT2D eigenvalue weighted by Gasteiger charge is 2.51. The van der Waals surface area contributed by atoms with Crippen molar-refractivity contribution in [2.24, 2.45) is 5.14 Å². The van der Waals surface area contributed by atoms with Gasteiger partial charge in [-0.05, 0) is 13.3 Å². The van der Waals surface area contributed by atoms with Crippen molar-refractivity contribution in [1.82, 2.24) is 5.32 Å². The monoisotopic (exact) mass is 420 g/mol. The van der Waals surface area contributed by atoms with Gasteiger partial charge in [-0.3, -0.25) is 5.32 Å². The fraction of sp³-hybridized carbons (Fsp3) is 0.600. The van der Waals surface area contributed by atoms with Gasteiger partial charge >= 0.3 is 11.9 Å². The van der Waals surface area contributed by atoms with Crippen LogP contribution in [0.25, 0.3) is 0 Å². The predicted molar refractivity (Wildman–Crippen MR) is 81.1 cm³/mol. The Morgan fingerprint density at radius 2 is 1.76 bits per heavy atom. The van der Waals surface area contributed by atoms with Crippen LogP contribution in [0.2, 0.25) is 0 Å². The summed E-state index contributed by atoms with van der Waals surface area (Å²) in [4.78, 5) is 0. The van der Waals surface area contributed by atoms with E-state index in [0.29, 0.717) is 0 Å². The van der Waals surface area contributed by atoms with Crippen molar-refractivity contribution in [2.75, 3.05) is 0 Å². The molecule has 0 spiro atoms. The van der Waals surface area contributed by atoms with E-state index in [1.54, 1.807) is 5.32 Å². The van der Waals surface area contributed by atoms with Gasteiger partial charge in [-0.2, -0.15) is 0 Å². The maximum Gasteiger partial charge on any atom is 0.348 e. The molecule has 2 unspecified atom stereocenters.